The van der Waals surface area contributed by atoms with E-state index in [1.165, 1.54) is 12.1 Å². The van der Waals surface area contributed by atoms with Gasteiger partial charge < -0.3 is 20.1 Å². The predicted molar refractivity (Wildman–Crippen MR) is 118 cm³/mol. The lowest BCUT2D eigenvalue weighted by Gasteiger charge is -2.40. The second-order valence-electron chi connectivity index (χ2n) is 8.19. The standard InChI is InChI=1S/C24H31FN2O3/c1-4-17(14-24(28)29)18-5-10-22(27-11-12-30-15-23(27)16(2)3)21(13-18)26-20-8-6-19(25)7-9-20/h5-10,13,16-17,23,26H,4,11-12,14-15H2,1-3H3,(H,28,29)/t17?,23-/m1/s1. The van der Waals surface area contributed by atoms with E-state index >= 15 is 0 Å². The third-order valence-electron chi connectivity index (χ3n) is 5.77. The molecule has 5 nitrogen and oxygen atoms in total. The average molecular weight is 415 g/mol. The lowest BCUT2D eigenvalue weighted by Crippen LogP contribution is -2.48. The van der Waals surface area contributed by atoms with Gasteiger partial charge in [0.05, 0.1) is 37.1 Å². The number of halogens is 1. The molecule has 3 rings (SSSR count). The van der Waals surface area contributed by atoms with Gasteiger partial charge in [0.1, 0.15) is 5.82 Å². The van der Waals surface area contributed by atoms with Crippen molar-refractivity contribution in [2.24, 2.45) is 5.92 Å². The first-order chi connectivity index (χ1) is 14.4. The Bertz CT molecular complexity index is 854. The van der Waals surface area contributed by atoms with E-state index in [1.807, 2.05) is 19.1 Å². The van der Waals surface area contributed by atoms with Crippen LogP contribution in [0.5, 0.6) is 0 Å². The van der Waals surface area contributed by atoms with Gasteiger partial charge in [-0.3, -0.25) is 4.79 Å². The molecule has 6 heteroatoms. The van der Waals surface area contributed by atoms with Gasteiger partial charge in [0.15, 0.2) is 0 Å². The zero-order chi connectivity index (χ0) is 21.7. The molecule has 0 saturated carbocycles. The molecule has 0 spiro atoms. The molecule has 0 aromatic heterocycles. The maximum atomic E-state index is 13.4. The minimum absolute atomic E-state index is 0.0593. The highest BCUT2D eigenvalue weighted by molar-refractivity contribution is 5.77. The molecule has 1 aliphatic rings. The highest BCUT2D eigenvalue weighted by Gasteiger charge is 2.28. The van der Waals surface area contributed by atoms with Gasteiger partial charge in [-0.2, -0.15) is 0 Å². The van der Waals surface area contributed by atoms with Gasteiger partial charge in [0.25, 0.3) is 0 Å². The lowest BCUT2D eigenvalue weighted by atomic mass is 9.92. The molecule has 162 valence electrons. The highest BCUT2D eigenvalue weighted by atomic mass is 19.1. The van der Waals surface area contributed by atoms with E-state index in [0.717, 1.165) is 35.6 Å². The Morgan fingerprint density at radius 3 is 2.63 bits per heavy atom. The van der Waals surface area contributed by atoms with E-state index in [1.54, 1.807) is 12.1 Å². The molecular weight excluding hydrogens is 383 g/mol. The summed E-state index contributed by atoms with van der Waals surface area (Å²) in [5.74, 6) is -0.725. The number of nitrogens with one attached hydrogen (secondary N) is 1. The number of anilines is 3. The van der Waals surface area contributed by atoms with Crippen LogP contribution < -0.4 is 10.2 Å². The molecular formula is C24H31FN2O3. The van der Waals surface area contributed by atoms with Crippen LogP contribution >= 0.6 is 0 Å². The van der Waals surface area contributed by atoms with Gasteiger partial charge in [-0.25, -0.2) is 4.39 Å². The molecule has 2 N–H and O–H groups in total. The second-order valence-corrected chi connectivity index (χ2v) is 8.19. The number of carboxylic acids is 1. The normalized spacial score (nSPS) is 17.8. The molecule has 2 atom stereocenters. The summed E-state index contributed by atoms with van der Waals surface area (Å²) in [5, 5.41) is 12.7. The molecule has 1 heterocycles. The van der Waals surface area contributed by atoms with Crippen molar-refractivity contribution < 1.29 is 19.0 Å². The molecule has 2 aromatic carbocycles. The fraction of sp³-hybridized carbons (Fsp3) is 0.458. The van der Waals surface area contributed by atoms with Gasteiger partial charge in [0, 0.05) is 12.2 Å². The van der Waals surface area contributed by atoms with Crippen molar-refractivity contribution in [3.05, 3.63) is 53.8 Å². The number of ether oxygens (including phenoxy) is 1. The monoisotopic (exact) mass is 414 g/mol. The number of rotatable bonds is 8. The van der Waals surface area contributed by atoms with Crippen molar-refractivity contribution in [3.8, 4) is 0 Å². The highest BCUT2D eigenvalue weighted by Crippen LogP contribution is 2.36. The van der Waals surface area contributed by atoms with Crippen molar-refractivity contribution in [1.29, 1.82) is 0 Å². The van der Waals surface area contributed by atoms with E-state index in [9.17, 15) is 14.3 Å². The van der Waals surface area contributed by atoms with E-state index in [4.69, 9.17) is 4.74 Å². The number of carboxylic acid groups (broad SMARTS) is 1. The summed E-state index contributed by atoms with van der Waals surface area (Å²) in [6.07, 6.45) is 0.839. The van der Waals surface area contributed by atoms with Crippen LogP contribution in [0.3, 0.4) is 0 Å². The molecule has 1 unspecified atom stereocenters. The molecule has 30 heavy (non-hydrogen) atoms. The van der Waals surface area contributed by atoms with Gasteiger partial charge in [0.2, 0.25) is 0 Å². The third kappa shape index (κ3) is 5.30. The molecule has 1 fully saturated rings. The molecule has 2 aromatic rings. The molecule has 0 aliphatic carbocycles. The zero-order valence-electron chi connectivity index (χ0n) is 17.9. The molecule has 1 saturated heterocycles. The maximum Gasteiger partial charge on any atom is 0.303 e. The number of carbonyl (C=O) groups is 1. The van der Waals surface area contributed by atoms with E-state index in [-0.39, 0.29) is 24.2 Å². The van der Waals surface area contributed by atoms with Gasteiger partial charge >= 0.3 is 5.97 Å². The van der Waals surface area contributed by atoms with Gasteiger partial charge in [-0.05, 0) is 60.2 Å². The summed E-state index contributed by atoms with van der Waals surface area (Å²) in [6, 6.07) is 12.7. The van der Waals surface area contributed by atoms with E-state index in [2.05, 4.69) is 30.1 Å². The summed E-state index contributed by atoms with van der Waals surface area (Å²) in [7, 11) is 0. The zero-order valence-corrected chi connectivity index (χ0v) is 17.9. The topological polar surface area (TPSA) is 61.8 Å². The minimum atomic E-state index is -0.799. The summed E-state index contributed by atoms with van der Waals surface area (Å²) in [4.78, 5) is 13.7. The first-order valence-electron chi connectivity index (χ1n) is 10.6. The van der Waals surface area contributed by atoms with Crippen LogP contribution in [-0.2, 0) is 9.53 Å². The van der Waals surface area contributed by atoms with Crippen LogP contribution in [0.25, 0.3) is 0 Å². The van der Waals surface area contributed by atoms with E-state index in [0.29, 0.717) is 19.1 Å². The SMILES string of the molecule is CCC(CC(=O)O)c1ccc(N2CCOC[C@@H]2C(C)C)c(Nc2ccc(F)cc2)c1. The predicted octanol–water partition coefficient (Wildman–Crippen LogP) is 5.40. The Labute approximate surface area is 177 Å². The van der Waals surface area contributed by atoms with Crippen molar-refractivity contribution in [1.82, 2.24) is 0 Å². The van der Waals surface area contributed by atoms with Crippen LogP contribution in [0.4, 0.5) is 21.5 Å². The van der Waals surface area contributed by atoms with Crippen LogP contribution in [0, 0.1) is 11.7 Å². The first kappa shape index (κ1) is 22.1. The van der Waals surface area contributed by atoms with Crippen molar-refractivity contribution in [2.75, 3.05) is 30.0 Å². The number of benzene rings is 2. The Hall–Kier alpha value is -2.60. The maximum absolute atomic E-state index is 13.4. The molecule has 0 bridgehead atoms. The lowest BCUT2D eigenvalue weighted by molar-refractivity contribution is -0.137. The van der Waals surface area contributed by atoms with E-state index < -0.39 is 5.97 Å². The Morgan fingerprint density at radius 1 is 1.27 bits per heavy atom. The van der Waals surface area contributed by atoms with Crippen LogP contribution in [0.2, 0.25) is 0 Å². The number of aliphatic carboxylic acids is 1. The summed E-state index contributed by atoms with van der Waals surface area (Å²) >= 11 is 0. The van der Waals surface area contributed by atoms with Crippen LogP contribution in [0.15, 0.2) is 42.5 Å². The quantitative estimate of drug-likeness (QED) is 0.606. The molecule has 0 amide bonds. The van der Waals surface area contributed by atoms with Crippen LogP contribution in [-0.4, -0.2) is 36.9 Å². The van der Waals surface area contributed by atoms with Gasteiger partial charge in [-0.1, -0.05) is 26.8 Å². The third-order valence-corrected chi connectivity index (χ3v) is 5.77. The fourth-order valence-corrected chi connectivity index (χ4v) is 4.03. The second kappa shape index (κ2) is 9.94. The largest absolute Gasteiger partial charge is 0.481 e. The Balaban J connectivity index is 2.01. The number of hydrogen-bond acceptors (Lipinski definition) is 4. The minimum Gasteiger partial charge on any atom is -0.481 e. The summed E-state index contributed by atoms with van der Waals surface area (Å²) in [6.45, 7) is 8.50. The van der Waals surface area contributed by atoms with Crippen molar-refractivity contribution >= 4 is 23.0 Å². The Morgan fingerprint density at radius 2 is 2.00 bits per heavy atom. The van der Waals surface area contributed by atoms with Crippen molar-refractivity contribution in [3.63, 3.8) is 0 Å². The first-order valence-corrected chi connectivity index (χ1v) is 10.6. The average Bonchev–Trinajstić information content (AvgIpc) is 2.73. The molecule has 1 aliphatic heterocycles. The number of morpholine rings is 1. The van der Waals surface area contributed by atoms with Gasteiger partial charge in [-0.15, -0.1) is 0 Å². The fourth-order valence-electron chi connectivity index (χ4n) is 4.03. The van der Waals surface area contributed by atoms with Crippen LogP contribution in [0.1, 0.15) is 45.1 Å². The smallest absolute Gasteiger partial charge is 0.303 e. The Kier molecular flexibility index (Phi) is 7.32. The molecule has 0 radical (unpaired) electrons. The summed E-state index contributed by atoms with van der Waals surface area (Å²) < 4.78 is 19.1. The number of hydrogen-bond donors (Lipinski definition) is 2. The number of nitrogens with zero attached hydrogens (tertiary/aromatic N) is 1. The summed E-state index contributed by atoms with van der Waals surface area (Å²) in [5.41, 5.74) is 3.73. The van der Waals surface area contributed by atoms with Crippen molar-refractivity contribution in [2.45, 2.75) is 45.6 Å².